The van der Waals surface area contributed by atoms with Crippen LogP contribution in [0.2, 0.25) is 0 Å². The highest BCUT2D eigenvalue weighted by atomic mass is 19.4. The topological polar surface area (TPSA) is 45.1 Å². The number of nitrogens with one attached hydrogen (secondary N) is 1. The van der Waals surface area contributed by atoms with Gasteiger partial charge in [-0.15, -0.1) is 0 Å². The van der Waals surface area contributed by atoms with Gasteiger partial charge in [0.15, 0.2) is 0 Å². The number of nitrogens with zero attached hydrogens (tertiary/aromatic N) is 1. The standard InChI is InChI=1S/C11H13F3N2O/c12-11(13,14)9-5-2-6-10(16-9)15-7-3-1-4-8(7)17/h2,5-8,17H,1,3-4H2,(H,15,16)/t7-,8-/m1/s1. The van der Waals surface area contributed by atoms with E-state index < -0.39 is 18.0 Å². The van der Waals surface area contributed by atoms with Crippen LogP contribution >= 0.6 is 0 Å². The zero-order valence-electron chi connectivity index (χ0n) is 9.04. The molecule has 1 aliphatic rings. The number of anilines is 1. The first-order valence-corrected chi connectivity index (χ1v) is 5.45. The third-order valence-electron chi connectivity index (χ3n) is 2.85. The molecular weight excluding hydrogens is 233 g/mol. The lowest BCUT2D eigenvalue weighted by atomic mass is 10.2. The lowest BCUT2D eigenvalue weighted by Gasteiger charge is -2.17. The molecule has 2 atom stereocenters. The Balaban J connectivity index is 2.11. The fourth-order valence-corrected chi connectivity index (χ4v) is 1.97. The molecule has 1 heterocycles. The zero-order valence-corrected chi connectivity index (χ0v) is 9.04. The summed E-state index contributed by atoms with van der Waals surface area (Å²) in [7, 11) is 0. The number of alkyl halides is 3. The van der Waals surface area contributed by atoms with Crippen LogP contribution in [0.25, 0.3) is 0 Å². The van der Waals surface area contributed by atoms with Crippen molar-refractivity contribution in [2.45, 2.75) is 37.6 Å². The van der Waals surface area contributed by atoms with E-state index in [0.717, 1.165) is 18.9 Å². The summed E-state index contributed by atoms with van der Waals surface area (Å²) in [5.41, 5.74) is -0.921. The molecule has 0 aliphatic heterocycles. The fourth-order valence-electron chi connectivity index (χ4n) is 1.97. The van der Waals surface area contributed by atoms with E-state index >= 15 is 0 Å². The Morgan fingerprint density at radius 2 is 2.06 bits per heavy atom. The van der Waals surface area contributed by atoms with Gasteiger partial charge in [0.05, 0.1) is 12.1 Å². The molecule has 0 saturated heterocycles. The van der Waals surface area contributed by atoms with E-state index in [1.165, 1.54) is 12.1 Å². The van der Waals surface area contributed by atoms with E-state index in [4.69, 9.17) is 0 Å². The van der Waals surface area contributed by atoms with Crippen molar-refractivity contribution in [3.05, 3.63) is 23.9 Å². The van der Waals surface area contributed by atoms with Gasteiger partial charge in [-0.25, -0.2) is 4.98 Å². The molecule has 0 unspecified atom stereocenters. The van der Waals surface area contributed by atoms with Crippen molar-refractivity contribution in [2.24, 2.45) is 0 Å². The number of hydrogen-bond acceptors (Lipinski definition) is 3. The number of aliphatic hydroxyl groups excluding tert-OH is 1. The number of aromatic nitrogens is 1. The second-order valence-electron chi connectivity index (χ2n) is 4.15. The van der Waals surface area contributed by atoms with Crippen molar-refractivity contribution in [2.75, 3.05) is 5.32 Å². The van der Waals surface area contributed by atoms with Crippen LogP contribution in [0.4, 0.5) is 19.0 Å². The summed E-state index contributed by atoms with van der Waals surface area (Å²) in [6.07, 6.45) is -2.65. The molecule has 1 fully saturated rings. The van der Waals surface area contributed by atoms with Crippen molar-refractivity contribution in [3.8, 4) is 0 Å². The maximum atomic E-state index is 12.4. The Bertz CT molecular complexity index is 395. The van der Waals surface area contributed by atoms with Crippen LogP contribution in [-0.2, 0) is 6.18 Å². The Morgan fingerprint density at radius 3 is 2.65 bits per heavy atom. The summed E-state index contributed by atoms with van der Waals surface area (Å²) < 4.78 is 37.3. The van der Waals surface area contributed by atoms with Crippen LogP contribution in [0.5, 0.6) is 0 Å². The highest BCUT2D eigenvalue weighted by molar-refractivity contribution is 5.37. The van der Waals surface area contributed by atoms with Crippen molar-refractivity contribution in [1.29, 1.82) is 0 Å². The minimum absolute atomic E-state index is 0.158. The molecule has 1 aromatic rings. The van der Waals surface area contributed by atoms with Gasteiger partial charge in [0.2, 0.25) is 0 Å². The second-order valence-corrected chi connectivity index (χ2v) is 4.15. The largest absolute Gasteiger partial charge is 0.433 e. The third-order valence-corrected chi connectivity index (χ3v) is 2.85. The van der Waals surface area contributed by atoms with E-state index in [1.54, 1.807) is 0 Å². The van der Waals surface area contributed by atoms with Crippen molar-refractivity contribution in [1.82, 2.24) is 4.98 Å². The number of halogens is 3. The normalized spacial score (nSPS) is 24.9. The quantitative estimate of drug-likeness (QED) is 0.842. The van der Waals surface area contributed by atoms with Gasteiger partial charge in [0.25, 0.3) is 0 Å². The van der Waals surface area contributed by atoms with Crippen molar-refractivity contribution < 1.29 is 18.3 Å². The van der Waals surface area contributed by atoms with Crippen LogP contribution in [0.1, 0.15) is 25.0 Å². The molecule has 0 spiro atoms. The van der Waals surface area contributed by atoms with Crippen LogP contribution in [0, 0.1) is 0 Å². The van der Waals surface area contributed by atoms with Crippen LogP contribution in [-0.4, -0.2) is 22.2 Å². The first-order valence-electron chi connectivity index (χ1n) is 5.45. The molecule has 94 valence electrons. The number of aliphatic hydroxyl groups is 1. The van der Waals surface area contributed by atoms with Crippen LogP contribution in [0.3, 0.4) is 0 Å². The molecule has 2 N–H and O–H groups in total. The van der Waals surface area contributed by atoms with E-state index in [1.807, 2.05) is 0 Å². The molecule has 1 aliphatic carbocycles. The highest BCUT2D eigenvalue weighted by Gasteiger charge is 2.33. The zero-order chi connectivity index (χ0) is 12.5. The summed E-state index contributed by atoms with van der Waals surface area (Å²) in [5, 5.41) is 12.4. The first-order chi connectivity index (χ1) is 7.97. The number of rotatable bonds is 2. The van der Waals surface area contributed by atoms with Gasteiger partial charge in [-0.3, -0.25) is 0 Å². The maximum absolute atomic E-state index is 12.4. The lowest BCUT2D eigenvalue weighted by Crippen LogP contribution is -2.28. The monoisotopic (exact) mass is 246 g/mol. The minimum Gasteiger partial charge on any atom is -0.391 e. The Labute approximate surface area is 96.7 Å². The van der Waals surface area contributed by atoms with Crippen LogP contribution in [0.15, 0.2) is 18.2 Å². The van der Waals surface area contributed by atoms with Crippen molar-refractivity contribution >= 4 is 5.82 Å². The van der Waals surface area contributed by atoms with Gasteiger partial charge in [-0.1, -0.05) is 6.07 Å². The summed E-state index contributed by atoms with van der Waals surface area (Å²) >= 11 is 0. The van der Waals surface area contributed by atoms with Gasteiger partial charge >= 0.3 is 6.18 Å². The molecule has 3 nitrogen and oxygen atoms in total. The van der Waals surface area contributed by atoms with Crippen molar-refractivity contribution in [3.63, 3.8) is 0 Å². The van der Waals surface area contributed by atoms with Gasteiger partial charge < -0.3 is 10.4 Å². The predicted molar refractivity (Wildman–Crippen MR) is 56.5 cm³/mol. The predicted octanol–water partition coefficient (Wildman–Crippen LogP) is 2.43. The van der Waals surface area contributed by atoms with Gasteiger partial charge in [-0.2, -0.15) is 13.2 Å². The van der Waals surface area contributed by atoms with E-state index in [-0.39, 0.29) is 11.9 Å². The lowest BCUT2D eigenvalue weighted by molar-refractivity contribution is -0.141. The van der Waals surface area contributed by atoms with E-state index in [0.29, 0.717) is 6.42 Å². The molecule has 1 saturated carbocycles. The molecule has 17 heavy (non-hydrogen) atoms. The van der Waals surface area contributed by atoms with Gasteiger partial charge in [0, 0.05) is 0 Å². The molecule has 0 amide bonds. The average Bonchev–Trinajstić information content (AvgIpc) is 2.64. The fraction of sp³-hybridized carbons (Fsp3) is 0.545. The smallest absolute Gasteiger partial charge is 0.391 e. The SMILES string of the molecule is O[C@@H]1CCC[C@H]1Nc1cccc(C(F)(F)F)n1. The molecule has 0 bridgehead atoms. The summed E-state index contributed by atoms with van der Waals surface area (Å²) in [6, 6.07) is 3.50. The summed E-state index contributed by atoms with van der Waals surface area (Å²) in [5.74, 6) is 0.158. The molecule has 6 heteroatoms. The van der Waals surface area contributed by atoms with E-state index in [9.17, 15) is 18.3 Å². The molecule has 0 aromatic carbocycles. The first kappa shape index (κ1) is 12.2. The molecule has 2 rings (SSSR count). The summed E-state index contributed by atoms with van der Waals surface area (Å²) in [6.45, 7) is 0. The Hall–Kier alpha value is -1.30. The second kappa shape index (κ2) is 4.52. The van der Waals surface area contributed by atoms with Gasteiger partial charge in [-0.05, 0) is 31.4 Å². The molecular formula is C11H13F3N2O. The highest BCUT2D eigenvalue weighted by Crippen LogP contribution is 2.29. The minimum atomic E-state index is -4.44. The van der Waals surface area contributed by atoms with E-state index in [2.05, 4.69) is 10.3 Å². The Morgan fingerprint density at radius 1 is 1.29 bits per heavy atom. The number of hydrogen-bond donors (Lipinski definition) is 2. The maximum Gasteiger partial charge on any atom is 0.433 e. The summed E-state index contributed by atoms with van der Waals surface area (Å²) in [4.78, 5) is 3.49. The number of pyridine rings is 1. The third kappa shape index (κ3) is 2.88. The molecule has 0 radical (unpaired) electrons. The van der Waals surface area contributed by atoms with Crippen LogP contribution < -0.4 is 5.32 Å². The van der Waals surface area contributed by atoms with Gasteiger partial charge in [0.1, 0.15) is 11.5 Å². The Kier molecular flexibility index (Phi) is 3.24. The molecule has 1 aromatic heterocycles. The average molecular weight is 246 g/mol.